The maximum absolute atomic E-state index is 12.9. The first kappa shape index (κ1) is 16.3. The van der Waals surface area contributed by atoms with Crippen LogP contribution in [0.3, 0.4) is 0 Å². The summed E-state index contributed by atoms with van der Waals surface area (Å²) >= 11 is 0. The fourth-order valence-electron chi connectivity index (χ4n) is 2.84. The molecule has 2 rings (SSSR count). The van der Waals surface area contributed by atoms with E-state index in [1.807, 2.05) is 20.0 Å². The van der Waals surface area contributed by atoms with Gasteiger partial charge in [0.15, 0.2) is 0 Å². The van der Waals surface area contributed by atoms with Crippen LogP contribution < -0.4 is 5.73 Å². The van der Waals surface area contributed by atoms with E-state index >= 15 is 0 Å². The number of likely N-dealkylation sites (N-methyl/N-ethyl adjacent to an activating group) is 1. The summed E-state index contributed by atoms with van der Waals surface area (Å²) in [5.41, 5.74) is 7.99. The summed E-state index contributed by atoms with van der Waals surface area (Å²) in [6.45, 7) is 7.57. The highest BCUT2D eigenvalue weighted by Gasteiger charge is 2.33. The number of aryl methyl sites for hydroxylation is 1. The van der Waals surface area contributed by atoms with Crippen molar-refractivity contribution in [3.8, 4) is 0 Å². The van der Waals surface area contributed by atoms with Crippen molar-refractivity contribution in [2.75, 3.05) is 32.4 Å². The van der Waals surface area contributed by atoms with E-state index < -0.39 is 10.0 Å². The molecule has 0 radical (unpaired) electrons. The van der Waals surface area contributed by atoms with Crippen molar-refractivity contribution < 1.29 is 8.42 Å². The van der Waals surface area contributed by atoms with Crippen molar-refractivity contribution in [2.45, 2.75) is 38.1 Å². The Kier molecular flexibility index (Phi) is 4.60. The van der Waals surface area contributed by atoms with Gasteiger partial charge >= 0.3 is 0 Å². The predicted octanol–water partition coefficient (Wildman–Crippen LogP) is 1.60. The van der Waals surface area contributed by atoms with Crippen LogP contribution in [-0.2, 0) is 10.0 Å². The number of nitrogen functional groups attached to an aromatic ring is 1. The third-order valence-corrected chi connectivity index (χ3v) is 6.36. The quantitative estimate of drug-likeness (QED) is 0.861. The van der Waals surface area contributed by atoms with E-state index in [1.165, 1.54) is 0 Å². The number of benzene rings is 1. The molecule has 1 fully saturated rings. The smallest absolute Gasteiger partial charge is 0.243 e. The molecule has 1 aliphatic heterocycles. The Morgan fingerprint density at radius 2 is 1.95 bits per heavy atom. The molecule has 118 valence electrons. The Morgan fingerprint density at radius 3 is 2.57 bits per heavy atom. The monoisotopic (exact) mass is 311 g/mol. The number of piperazine rings is 1. The molecule has 0 amide bonds. The minimum absolute atomic E-state index is 0.274. The molecule has 0 bridgehead atoms. The Hall–Kier alpha value is -1.11. The van der Waals surface area contributed by atoms with Crippen molar-refractivity contribution in [1.29, 1.82) is 0 Å². The highest BCUT2D eigenvalue weighted by atomic mass is 32.2. The Balaban J connectivity index is 2.39. The van der Waals surface area contributed by atoms with E-state index in [9.17, 15) is 8.42 Å². The lowest BCUT2D eigenvalue weighted by Gasteiger charge is -2.38. The summed E-state index contributed by atoms with van der Waals surface area (Å²) in [6, 6.07) is 3.81. The van der Waals surface area contributed by atoms with Gasteiger partial charge in [-0.2, -0.15) is 4.31 Å². The number of nitrogens with zero attached hydrogens (tertiary/aromatic N) is 2. The standard InChI is InChI=1S/C15H25N3O2S/c1-5-13-10-18(7-6-17(13)4)21(19,20)15-9-11(2)8-14(16)12(15)3/h8-9,13H,5-7,10,16H2,1-4H3. The van der Waals surface area contributed by atoms with Crippen molar-refractivity contribution >= 4 is 15.7 Å². The molecule has 1 aromatic carbocycles. The van der Waals surface area contributed by atoms with Crippen molar-refractivity contribution in [2.24, 2.45) is 0 Å². The van der Waals surface area contributed by atoms with Crippen LogP contribution in [0.1, 0.15) is 24.5 Å². The topological polar surface area (TPSA) is 66.6 Å². The molecule has 21 heavy (non-hydrogen) atoms. The third kappa shape index (κ3) is 3.07. The molecule has 2 N–H and O–H groups in total. The van der Waals surface area contributed by atoms with E-state index in [1.54, 1.807) is 17.3 Å². The fourth-order valence-corrected chi connectivity index (χ4v) is 4.64. The van der Waals surface area contributed by atoms with Gasteiger partial charge in [0.05, 0.1) is 4.90 Å². The normalized spacial score (nSPS) is 21.6. The van der Waals surface area contributed by atoms with Gasteiger partial charge in [-0.3, -0.25) is 0 Å². The molecule has 0 saturated carbocycles. The number of sulfonamides is 1. The summed E-state index contributed by atoms with van der Waals surface area (Å²) < 4.78 is 27.5. The lowest BCUT2D eigenvalue weighted by Crippen LogP contribution is -2.52. The first-order valence-electron chi connectivity index (χ1n) is 7.34. The van der Waals surface area contributed by atoms with Gasteiger partial charge in [0.2, 0.25) is 10.0 Å². The summed E-state index contributed by atoms with van der Waals surface area (Å²) in [5, 5.41) is 0. The van der Waals surface area contributed by atoms with Gasteiger partial charge in [0, 0.05) is 31.4 Å². The van der Waals surface area contributed by atoms with Gasteiger partial charge < -0.3 is 10.6 Å². The SMILES string of the molecule is CCC1CN(S(=O)(=O)c2cc(C)cc(N)c2C)CCN1C. The number of hydrogen-bond donors (Lipinski definition) is 1. The average Bonchev–Trinajstić information content (AvgIpc) is 2.42. The molecule has 0 spiro atoms. The molecule has 6 heteroatoms. The second-order valence-corrected chi connectivity index (χ2v) is 7.79. The van der Waals surface area contributed by atoms with Gasteiger partial charge in [0.1, 0.15) is 0 Å². The Labute approximate surface area is 127 Å². The lowest BCUT2D eigenvalue weighted by atomic mass is 10.1. The van der Waals surface area contributed by atoms with Gasteiger partial charge in [-0.15, -0.1) is 0 Å². The molecule has 5 nitrogen and oxygen atoms in total. The zero-order valence-corrected chi connectivity index (χ0v) is 14.1. The largest absolute Gasteiger partial charge is 0.398 e. The number of hydrogen-bond acceptors (Lipinski definition) is 4. The van der Waals surface area contributed by atoms with Crippen LogP contribution in [0, 0.1) is 13.8 Å². The molecular weight excluding hydrogens is 286 g/mol. The van der Waals surface area contributed by atoms with Gasteiger partial charge in [-0.25, -0.2) is 8.42 Å². The Bertz CT molecular complexity index is 628. The highest BCUT2D eigenvalue weighted by Crippen LogP contribution is 2.27. The second kappa shape index (κ2) is 5.94. The van der Waals surface area contributed by atoms with E-state index in [4.69, 9.17) is 5.73 Å². The second-order valence-electron chi connectivity index (χ2n) is 5.88. The van der Waals surface area contributed by atoms with Crippen LogP contribution in [0.4, 0.5) is 5.69 Å². The molecule has 1 aromatic rings. The summed E-state index contributed by atoms with van der Waals surface area (Å²) in [6.07, 6.45) is 0.942. The maximum Gasteiger partial charge on any atom is 0.243 e. The molecule has 0 aromatic heterocycles. The van der Waals surface area contributed by atoms with Crippen LogP contribution in [-0.4, -0.2) is 50.3 Å². The maximum atomic E-state index is 12.9. The minimum Gasteiger partial charge on any atom is -0.398 e. The molecule has 1 atom stereocenters. The third-order valence-electron chi connectivity index (χ3n) is 4.37. The first-order chi connectivity index (χ1) is 9.77. The minimum atomic E-state index is -3.48. The molecule has 0 aliphatic carbocycles. The van der Waals surface area contributed by atoms with Crippen LogP contribution in [0.15, 0.2) is 17.0 Å². The van der Waals surface area contributed by atoms with Crippen LogP contribution in [0.2, 0.25) is 0 Å². The summed E-state index contributed by atoms with van der Waals surface area (Å²) in [7, 11) is -1.43. The molecule has 1 heterocycles. The van der Waals surface area contributed by atoms with E-state index in [0.717, 1.165) is 18.5 Å². The van der Waals surface area contributed by atoms with E-state index in [2.05, 4.69) is 11.8 Å². The molecule has 1 unspecified atom stereocenters. The zero-order valence-electron chi connectivity index (χ0n) is 13.3. The average molecular weight is 311 g/mol. The van der Waals surface area contributed by atoms with Gasteiger partial charge in [-0.1, -0.05) is 6.92 Å². The number of rotatable bonds is 3. The van der Waals surface area contributed by atoms with Crippen molar-refractivity contribution in [3.63, 3.8) is 0 Å². The highest BCUT2D eigenvalue weighted by molar-refractivity contribution is 7.89. The summed E-state index contributed by atoms with van der Waals surface area (Å²) in [4.78, 5) is 2.57. The number of nitrogens with two attached hydrogens (primary N) is 1. The Morgan fingerprint density at radius 1 is 1.29 bits per heavy atom. The predicted molar refractivity (Wildman–Crippen MR) is 85.8 cm³/mol. The van der Waals surface area contributed by atoms with Crippen molar-refractivity contribution in [3.05, 3.63) is 23.3 Å². The van der Waals surface area contributed by atoms with Gasteiger partial charge in [0.25, 0.3) is 0 Å². The summed E-state index contributed by atoms with van der Waals surface area (Å²) in [5.74, 6) is 0. The van der Waals surface area contributed by atoms with Gasteiger partial charge in [-0.05, 0) is 50.6 Å². The number of anilines is 1. The fraction of sp³-hybridized carbons (Fsp3) is 0.600. The molecular formula is C15H25N3O2S. The van der Waals surface area contributed by atoms with Crippen LogP contribution >= 0.6 is 0 Å². The van der Waals surface area contributed by atoms with E-state index in [-0.39, 0.29) is 6.04 Å². The zero-order chi connectivity index (χ0) is 15.8. The van der Waals surface area contributed by atoms with Crippen LogP contribution in [0.25, 0.3) is 0 Å². The molecule has 1 aliphatic rings. The lowest BCUT2D eigenvalue weighted by molar-refractivity contribution is 0.144. The van der Waals surface area contributed by atoms with Crippen molar-refractivity contribution in [1.82, 2.24) is 9.21 Å². The van der Waals surface area contributed by atoms with E-state index in [0.29, 0.717) is 29.2 Å². The van der Waals surface area contributed by atoms with Crippen LogP contribution in [0.5, 0.6) is 0 Å². The molecule has 1 saturated heterocycles. The first-order valence-corrected chi connectivity index (χ1v) is 8.78.